The number of rotatable bonds is 2. The van der Waals surface area contributed by atoms with Crippen molar-refractivity contribution in [3.8, 4) is 0 Å². The van der Waals surface area contributed by atoms with Crippen LogP contribution in [0.4, 0.5) is 0 Å². The molecule has 3 nitrogen and oxygen atoms in total. The number of hydrogen-bond donors (Lipinski definition) is 0. The summed E-state index contributed by atoms with van der Waals surface area (Å²) in [7, 11) is 1.91. The van der Waals surface area contributed by atoms with Crippen LogP contribution in [0, 0.1) is 5.41 Å². The highest BCUT2D eigenvalue weighted by Gasteiger charge is 2.27. The van der Waals surface area contributed by atoms with Crippen molar-refractivity contribution < 1.29 is 4.79 Å². The lowest BCUT2D eigenvalue weighted by Crippen LogP contribution is -2.22. The standard InChI is InChI=1S/C13H18N2O/c1-13(2)8-10(7-12(16)9-13)6-11-4-5-15(3)14-11/h4-5,7H,6,8-9H2,1-3H3. The minimum atomic E-state index is 0.107. The van der Waals surface area contributed by atoms with Gasteiger partial charge in [0.2, 0.25) is 0 Å². The molecule has 0 radical (unpaired) electrons. The van der Waals surface area contributed by atoms with E-state index in [2.05, 4.69) is 18.9 Å². The van der Waals surface area contributed by atoms with E-state index in [9.17, 15) is 4.79 Å². The second kappa shape index (κ2) is 3.89. The Balaban J connectivity index is 2.13. The number of aromatic nitrogens is 2. The molecule has 0 N–H and O–H groups in total. The van der Waals surface area contributed by atoms with Crippen molar-refractivity contribution in [1.29, 1.82) is 0 Å². The van der Waals surface area contributed by atoms with Gasteiger partial charge in [-0.3, -0.25) is 9.48 Å². The van der Waals surface area contributed by atoms with Gasteiger partial charge in [-0.2, -0.15) is 5.10 Å². The van der Waals surface area contributed by atoms with Crippen molar-refractivity contribution in [2.75, 3.05) is 0 Å². The molecule has 1 aliphatic carbocycles. The number of nitrogens with zero attached hydrogens (tertiary/aromatic N) is 2. The zero-order chi connectivity index (χ0) is 11.8. The molecule has 0 amide bonds. The van der Waals surface area contributed by atoms with E-state index < -0.39 is 0 Å². The first-order valence-electron chi connectivity index (χ1n) is 5.65. The number of allylic oxidation sites excluding steroid dienone is 2. The van der Waals surface area contributed by atoms with Gasteiger partial charge in [0.05, 0.1) is 5.69 Å². The van der Waals surface area contributed by atoms with E-state index in [1.165, 1.54) is 5.57 Å². The summed E-state index contributed by atoms with van der Waals surface area (Å²) in [6, 6.07) is 2.01. The van der Waals surface area contributed by atoms with Crippen molar-refractivity contribution in [3.63, 3.8) is 0 Å². The van der Waals surface area contributed by atoms with Gasteiger partial charge in [0, 0.05) is 26.1 Å². The van der Waals surface area contributed by atoms with Crippen LogP contribution in [0.5, 0.6) is 0 Å². The predicted octanol–water partition coefficient (Wildman–Crippen LogP) is 2.28. The van der Waals surface area contributed by atoms with E-state index in [0.717, 1.165) is 18.5 Å². The van der Waals surface area contributed by atoms with Crippen LogP contribution in [-0.2, 0) is 18.3 Å². The minimum absolute atomic E-state index is 0.107. The maximum atomic E-state index is 11.6. The molecule has 0 fully saturated rings. The molecule has 0 saturated heterocycles. The average molecular weight is 218 g/mol. The van der Waals surface area contributed by atoms with Crippen molar-refractivity contribution in [2.24, 2.45) is 12.5 Å². The lowest BCUT2D eigenvalue weighted by atomic mass is 9.76. The SMILES string of the molecule is Cn1ccc(CC2=CC(=O)CC(C)(C)C2)n1. The summed E-state index contributed by atoms with van der Waals surface area (Å²) in [6.45, 7) is 4.30. The smallest absolute Gasteiger partial charge is 0.156 e. The maximum absolute atomic E-state index is 11.6. The van der Waals surface area contributed by atoms with Gasteiger partial charge in [-0.1, -0.05) is 19.4 Å². The Bertz CT molecular complexity index is 441. The van der Waals surface area contributed by atoms with E-state index in [-0.39, 0.29) is 11.2 Å². The largest absolute Gasteiger partial charge is 0.295 e. The Kier molecular flexibility index (Phi) is 2.70. The third kappa shape index (κ3) is 2.60. The van der Waals surface area contributed by atoms with Crippen molar-refractivity contribution in [2.45, 2.75) is 33.1 Å². The molecule has 0 aromatic carbocycles. The summed E-state index contributed by atoms with van der Waals surface area (Å²) in [5.74, 6) is 0.252. The number of ketones is 1. The van der Waals surface area contributed by atoms with Crippen molar-refractivity contribution >= 4 is 5.78 Å². The highest BCUT2D eigenvalue weighted by molar-refractivity contribution is 5.91. The predicted molar refractivity (Wildman–Crippen MR) is 63.0 cm³/mol. The fourth-order valence-electron chi connectivity index (χ4n) is 2.38. The molecular weight excluding hydrogens is 200 g/mol. The highest BCUT2D eigenvalue weighted by Crippen LogP contribution is 2.34. The third-order valence-corrected chi connectivity index (χ3v) is 2.90. The zero-order valence-corrected chi connectivity index (χ0v) is 10.2. The Morgan fingerprint density at radius 1 is 1.44 bits per heavy atom. The van der Waals surface area contributed by atoms with Gasteiger partial charge in [-0.05, 0) is 24.0 Å². The molecular formula is C13H18N2O. The van der Waals surface area contributed by atoms with E-state index in [1.54, 1.807) is 10.8 Å². The molecule has 0 bridgehead atoms. The molecule has 0 unspecified atom stereocenters. The fraction of sp³-hybridized carbons (Fsp3) is 0.538. The Hall–Kier alpha value is -1.38. The number of carbonyl (C=O) groups is 1. The van der Waals surface area contributed by atoms with Gasteiger partial charge in [0.25, 0.3) is 0 Å². The Morgan fingerprint density at radius 2 is 2.19 bits per heavy atom. The second-order valence-corrected chi connectivity index (χ2v) is 5.44. The summed E-state index contributed by atoms with van der Waals surface area (Å²) in [4.78, 5) is 11.6. The molecule has 1 aliphatic rings. The van der Waals surface area contributed by atoms with E-state index in [1.807, 2.05) is 19.3 Å². The van der Waals surface area contributed by atoms with Gasteiger partial charge in [-0.15, -0.1) is 0 Å². The molecule has 3 heteroatoms. The number of aryl methyl sites for hydroxylation is 1. The zero-order valence-electron chi connectivity index (χ0n) is 10.2. The summed E-state index contributed by atoms with van der Waals surface area (Å²) >= 11 is 0. The molecule has 16 heavy (non-hydrogen) atoms. The average Bonchev–Trinajstić information content (AvgIpc) is 2.46. The van der Waals surface area contributed by atoms with E-state index in [0.29, 0.717) is 6.42 Å². The van der Waals surface area contributed by atoms with Crippen molar-refractivity contribution in [3.05, 3.63) is 29.6 Å². The lowest BCUT2D eigenvalue weighted by Gasteiger charge is -2.28. The highest BCUT2D eigenvalue weighted by atomic mass is 16.1. The van der Waals surface area contributed by atoms with Gasteiger partial charge < -0.3 is 0 Å². The van der Waals surface area contributed by atoms with Crippen LogP contribution >= 0.6 is 0 Å². The molecule has 0 aliphatic heterocycles. The quantitative estimate of drug-likeness (QED) is 0.763. The van der Waals surface area contributed by atoms with Gasteiger partial charge in [0.15, 0.2) is 5.78 Å². The van der Waals surface area contributed by atoms with Gasteiger partial charge >= 0.3 is 0 Å². The molecule has 0 saturated carbocycles. The van der Waals surface area contributed by atoms with Crippen LogP contribution in [0.15, 0.2) is 23.9 Å². The summed E-state index contributed by atoms with van der Waals surface area (Å²) < 4.78 is 1.80. The molecule has 2 rings (SSSR count). The maximum Gasteiger partial charge on any atom is 0.156 e. The molecule has 1 aromatic rings. The van der Waals surface area contributed by atoms with E-state index >= 15 is 0 Å². The molecule has 86 valence electrons. The van der Waals surface area contributed by atoms with Crippen LogP contribution in [0.3, 0.4) is 0 Å². The van der Waals surface area contributed by atoms with Crippen LogP contribution in [0.1, 0.15) is 32.4 Å². The molecule has 1 aromatic heterocycles. The third-order valence-electron chi connectivity index (χ3n) is 2.90. The lowest BCUT2D eigenvalue weighted by molar-refractivity contribution is -0.117. The first-order valence-corrected chi connectivity index (χ1v) is 5.65. The minimum Gasteiger partial charge on any atom is -0.295 e. The Labute approximate surface area is 96.2 Å². The van der Waals surface area contributed by atoms with Crippen LogP contribution in [0.2, 0.25) is 0 Å². The number of carbonyl (C=O) groups excluding carboxylic acids is 1. The molecule has 1 heterocycles. The summed E-state index contributed by atoms with van der Waals surface area (Å²) in [5.41, 5.74) is 2.36. The summed E-state index contributed by atoms with van der Waals surface area (Å²) in [5, 5.41) is 4.34. The van der Waals surface area contributed by atoms with Crippen molar-refractivity contribution in [1.82, 2.24) is 9.78 Å². The van der Waals surface area contributed by atoms with Gasteiger partial charge in [0.1, 0.15) is 0 Å². The summed E-state index contributed by atoms with van der Waals surface area (Å²) in [6.07, 6.45) is 6.20. The van der Waals surface area contributed by atoms with Crippen LogP contribution < -0.4 is 0 Å². The van der Waals surface area contributed by atoms with Gasteiger partial charge in [-0.25, -0.2) is 0 Å². The normalized spacial score (nSPS) is 19.7. The number of hydrogen-bond acceptors (Lipinski definition) is 2. The first kappa shape index (κ1) is 11.1. The Morgan fingerprint density at radius 3 is 2.75 bits per heavy atom. The topological polar surface area (TPSA) is 34.9 Å². The molecule has 0 spiro atoms. The fourth-order valence-corrected chi connectivity index (χ4v) is 2.38. The van der Waals surface area contributed by atoms with E-state index in [4.69, 9.17) is 0 Å². The second-order valence-electron chi connectivity index (χ2n) is 5.44. The first-order chi connectivity index (χ1) is 7.44. The molecule has 0 atom stereocenters. The van der Waals surface area contributed by atoms with Crippen LogP contribution in [-0.4, -0.2) is 15.6 Å². The monoisotopic (exact) mass is 218 g/mol. The van der Waals surface area contributed by atoms with Crippen LogP contribution in [0.25, 0.3) is 0 Å².